The maximum absolute atomic E-state index is 12.6. The topological polar surface area (TPSA) is 80.7 Å². The first-order chi connectivity index (χ1) is 11.4. The van der Waals surface area contributed by atoms with Gasteiger partial charge in [0.05, 0.1) is 17.8 Å². The largest absolute Gasteiger partial charge is 0.496 e. The van der Waals surface area contributed by atoms with Crippen LogP contribution in [0.2, 0.25) is 0 Å². The van der Waals surface area contributed by atoms with Crippen LogP contribution in [-0.2, 0) is 15.6 Å². The second-order valence-corrected chi connectivity index (χ2v) is 7.86. The van der Waals surface area contributed by atoms with Gasteiger partial charge in [0, 0.05) is 0 Å². The predicted molar refractivity (Wildman–Crippen MR) is 89.3 cm³/mol. The summed E-state index contributed by atoms with van der Waals surface area (Å²) in [5.41, 5.74) is 1.03. The molecule has 0 unspecified atom stereocenters. The van der Waals surface area contributed by atoms with Gasteiger partial charge in [0.2, 0.25) is 0 Å². The molecule has 1 saturated carbocycles. The van der Waals surface area contributed by atoms with E-state index < -0.39 is 15.8 Å². The molecule has 0 aliphatic heterocycles. The lowest BCUT2D eigenvalue weighted by Crippen LogP contribution is -2.12. The van der Waals surface area contributed by atoms with Crippen LogP contribution < -0.4 is 4.74 Å². The molecular formula is C18H18O5S. The van der Waals surface area contributed by atoms with Gasteiger partial charge >= 0.3 is 5.97 Å². The summed E-state index contributed by atoms with van der Waals surface area (Å²) in [5.74, 6) is -0.962. The lowest BCUT2D eigenvalue weighted by atomic mass is 10.00. The number of rotatable bonds is 6. The van der Waals surface area contributed by atoms with Gasteiger partial charge in [0.15, 0.2) is 9.84 Å². The molecule has 0 bridgehead atoms. The van der Waals surface area contributed by atoms with E-state index in [1.54, 1.807) is 30.3 Å². The Bertz CT molecular complexity index is 868. The van der Waals surface area contributed by atoms with Crippen LogP contribution >= 0.6 is 0 Å². The average molecular weight is 346 g/mol. The Morgan fingerprint density at radius 2 is 1.83 bits per heavy atom. The normalized spacial score (nSPS) is 14.4. The summed E-state index contributed by atoms with van der Waals surface area (Å²) in [6, 6.07) is 11.4. The lowest BCUT2D eigenvalue weighted by Gasteiger charge is -2.15. The first kappa shape index (κ1) is 16.5. The van der Waals surface area contributed by atoms with Gasteiger partial charge in [0.25, 0.3) is 0 Å². The third-order valence-electron chi connectivity index (χ3n) is 4.16. The molecule has 1 aliphatic rings. The molecule has 24 heavy (non-hydrogen) atoms. The number of carboxylic acid groups (broad SMARTS) is 1. The molecule has 5 nitrogen and oxygen atoms in total. The van der Waals surface area contributed by atoms with Crippen molar-refractivity contribution in [1.82, 2.24) is 0 Å². The van der Waals surface area contributed by atoms with Gasteiger partial charge in [-0.3, -0.25) is 0 Å². The zero-order chi connectivity index (χ0) is 17.3. The molecule has 0 amide bonds. The number of hydrogen-bond acceptors (Lipinski definition) is 4. The SMILES string of the molecule is COc1c(C2CC2)ccc(CS(=O)(=O)c2ccccc2)c1C(=O)O. The summed E-state index contributed by atoms with van der Waals surface area (Å²) in [5, 5.41) is 9.60. The molecule has 2 aromatic carbocycles. The number of sulfone groups is 1. The molecule has 0 radical (unpaired) electrons. The summed E-state index contributed by atoms with van der Waals surface area (Å²) < 4.78 is 30.5. The summed E-state index contributed by atoms with van der Waals surface area (Å²) >= 11 is 0. The predicted octanol–water partition coefficient (Wildman–Crippen LogP) is 3.24. The molecule has 1 N–H and O–H groups in total. The van der Waals surface area contributed by atoms with Gasteiger partial charge in [-0.1, -0.05) is 30.3 Å². The molecule has 0 spiro atoms. The van der Waals surface area contributed by atoms with Crippen molar-refractivity contribution < 1.29 is 23.1 Å². The molecule has 0 heterocycles. The van der Waals surface area contributed by atoms with E-state index in [0.717, 1.165) is 18.4 Å². The van der Waals surface area contributed by atoms with Crippen LogP contribution in [-0.4, -0.2) is 26.6 Å². The third kappa shape index (κ3) is 3.14. The Balaban J connectivity index is 2.06. The number of carboxylic acids is 1. The minimum absolute atomic E-state index is 0.0543. The Morgan fingerprint density at radius 3 is 2.38 bits per heavy atom. The van der Waals surface area contributed by atoms with Crippen molar-refractivity contribution >= 4 is 15.8 Å². The van der Waals surface area contributed by atoms with Gasteiger partial charge in [-0.15, -0.1) is 0 Å². The molecule has 1 fully saturated rings. The number of carbonyl (C=O) groups is 1. The molecule has 1 aliphatic carbocycles. The minimum atomic E-state index is -3.63. The van der Waals surface area contributed by atoms with Crippen LogP contribution in [0.5, 0.6) is 5.75 Å². The molecule has 0 aromatic heterocycles. The van der Waals surface area contributed by atoms with Crippen molar-refractivity contribution in [2.45, 2.75) is 29.4 Å². The van der Waals surface area contributed by atoms with Gasteiger partial charge in [-0.2, -0.15) is 0 Å². The van der Waals surface area contributed by atoms with Crippen molar-refractivity contribution in [3.8, 4) is 5.75 Å². The standard InChI is InChI=1S/C18H18O5S/c1-23-17-15(12-7-8-12)10-9-13(16(17)18(19)20)11-24(21,22)14-5-3-2-4-6-14/h2-6,9-10,12H,7-8,11H2,1H3,(H,19,20). The maximum Gasteiger partial charge on any atom is 0.339 e. The van der Waals surface area contributed by atoms with E-state index >= 15 is 0 Å². The lowest BCUT2D eigenvalue weighted by molar-refractivity contribution is 0.0692. The van der Waals surface area contributed by atoms with E-state index in [0.29, 0.717) is 5.92 Å². The van der Waals surface area contributed by atoms with Crippen molar-refractivity contribution in [2.75, 3.05) is 7.11 Å². The fraction of sp³-hybridized carbons (Fsp3) is 0.278. The molecule has 2 aromatic rings. The highest BCUT2D eigenvalue weighted by molar-refractivity contribution is 7.90. The quantitative estimate of drug-likeness (QED) is 0.868. The molecular weight excluding hydrogens is 328 g/mol. The molecule has 0 atom stereocenters. The van der Waals surface area contributed by atoms with Gasteiger partial charge in [-0.05, 0) is 42.0 Å². The highest BCUT2D eigenvalue weighted by Crippen LogP contribution is 2.46. The van der Waals surface area contributed by atoms with Crippen molar-refractivity contribution in [1.29, 1.82) is 0 Å². The van der Waals surface area contributed by atoms with Crippen LogP contribution in [0, 0.1) is 0 Å². The van der Waals surface area contributed by atoms with Crippen LogP contribution in [0.1, 0.15) is 40.2 Å². The number of aromatic carboxylic acids is 1. The number of benzene rings is 2. The van der Waals surface area contributed by atoms with Gasteiger partial charge in [0.1, 0.15) is 11.3 Å². The van der Waals surface area contributed by atoms with E-state index in [2.05, 4.69) is 0 Å². The van der Waals surface area contributed by atoms with Crippen molar-refractivity contribution in [2.24, 2.45) is 0 Å². The summed E-state index contributed by atoms with van der Waals surface area (Å²) in [6.07, 6.45) is 1.99. The Hall–Kier alpha value is -2.34. The van der Waals surface area contributed by atoms with E-state index in [9.17, 15) is 18.3 Å². The Morgan fingerprint density at radius 1 is 1.17 bits per heavy atom. The smallest absolute Gasteiger partial charge is 0.339 e. The molecule has 3 rings (SSSR count). The van der Waals surface area contributed by atoms with Gasteiger partial charge in [-0.25, -0.2) is 13.2 Å². The first-order valence-corrected chi connectivity index (χ1v) is 9.30. The zero-order valence-electron chi connectivity index (χ0n) is 13.2. The van der Waals surface area contributed by atoms with E-state index in [1.807, 2.05) is 0 Å². The number of methoxy groups -OCH3 is 1. The monoisotopic (exact) mass is 346 g/mol. The maximum atomic E-state index is 12.6. The Kier molecular flexibility index (Phi) is 4.32. The molecule has 6 heteroatoms. The second-order valence-electron chi connectivity index (χ2n) is 5.87. The van der Waals surface area contributed by atoms with Gasteiger partial charge < -0.3 is 9.84 Å². The highest BCUT2D eigenvalue weighted by Gasteiger charge is 2.31. The van der Waals surface area contributed by atoms with Crippen LogP contribution in [0.25, 0.3) is 0 Å². The molecule has 0 saturated heterocycles. The highest BCUT2D eigenvalue weighted by atomic mass is 32.2. The fourth-order valence-corrected chi connectivity index (χ4v) is 4.23. The van der Waals surface area contributed by atoms with Crippen LogP contribution in [0.15, 0.2) is 47.4 Å². The number of ether oxygens (including phenoxy) is 1. The molecule has 126 valence electrons. The minimum Gasteiger partial charge on any atom is -0.496 e. The van der Waals surface area contributed by atoms with Crippen molar-refractivity contribution in [3.05, 3.63) is 59.2 Å². The first-order valence-electron chi connectivity index (χ1n) is 7.65. The fourth-order valence-electron chi connectivity index (χ4n) is 2.85. The average Bonchev–Trinajstić information content (AvgIpc) is 3.39. The zero-order valence-corrected chi connectivity index (χ0v) is 14.0. The van der Waals surface area contributed by atoms with E-state index in [1.165, 1.54) is 19.2 Å². The Labute approximate surface area is 140 Å². The third-order valence-corrected chi connectivity index (χ3v) is 5.84. The van der Waals surface area contributed by atoms with E-state index in [4.69, 9.17) is 4.74 Å². The second kappa shape index (κ2) is 6.28. The van der Waals surface area contributed by atoms with E-state index in [-0.39, 0.29) is 27.5 Å². The van der Waals surface area contributed by atoms with Crippen LogP contribution in [0.3, 0.4) is 0 Å². The summed E-state index contributed by atoms with van der Waals surface area (Å²) in [6.45, 7) is 0. The van der Waals surface area contributed by atoms with Crippen LogP contribution in [0.4, 0.5) is 0 Å². The van der Waals surface area contributed by atoms with Crippen molar-refractivity contribution in [3.63, 3.8) is 0 Å². The number of hydrogen-bond donors (Lipinski definition) is 1. The summed E-state index contributed by atoms with van der Waals surface area (Å²) in [4.78, 5) is 11.9. The summed E-state index contributed by atoms with van der Waals surface area (Å²) in [7, 11) is -2.21.